The molecule has 4 rings (SSSR count). The van der Waals surface area contributed by atoms with Gasteiger partial charge in [0.15, 0.2) is 0 Å². The Morgan fingerprint density at radius 3 is 2.55 bits per heavy atom. The number of methoxy groups -OCH3 is 1. The number of halogens is 1. The number of nitrogens with one attached hydrogen (secondary N) is 1. The number of nitrogens with zero attached hydrogens (tertiary/aromatic N) is 3. The second-order valence-corrected chi connectivity index (χ2v) is 12.0. The van der Waals surface area contributed by atoms with Crippen LogP contribution in [0.5, 0.6) is 0 Å². The van der Waals surface area contributed by atoms with Gasteiger partial charge in [0.05, 0.1) is 22.4 Å². The minimum Gasteiger partial charge on any atom is -0.380 e. The third-order valence-corrected chi connectivity index (χ3v) is 9.44. The first kappa shape index (κ1) is 27.7. The molecule has 14 heteroatoms. The van der Waals surface area contributed by atoms with Crippen molar-refractivity contribution in [1.29, 1.82) is 0 Å². The molecule has 11 nitrogen and oxygen atoms in total. The molecule has 1 fully saturated rings. The number of hydrogen-bond acceptors (Lipinski definition) is 8. The molecular weight excluding hydrogens is 539 g/mol. The Balaban J connectivity index is 1.79. The van der Waals surface area contributed by atoms with Gasteiger partial charge in [-0.2, -0.15) is 12.7 Å². The van der Waals surface area contributed by atoms with Crippen molar-refractivity contribution in [2.45, 2.75) is 24.0 Å². The average molecular weight is 567 g/mol. The van der Waals surface area contributed by atoms with Gasteiger partial charge in [0, 0.05) is 38.5 Å². The molecule has 38 heavy (non-hydrogen) atoms. The van der Waals surface area contributed by atoms with Gasteiger partial charge in [-0.25, -0.2) is 16.8 Å². The predicted molar refractivity (Wildman–Crippen MR) is 137 cm³/mol. The van der Waals surface area contributed by atoms with Crippen molar-refractivity contribution in [2.75, 3.05) is 31.7 Å². The molecule has 0 saturated carbocycles. The fourth-order valence-electron chi connectivity index (χ4n) is 4.22. The second kappa shape index (κ2) is 11.2. The highest BCUT2D eigenvalue weighted by Gasteiger charge is 2.38. The van der Waals surface area contributed by atoms with Crippen LogP contribution in [-0.2, 0) is 41.1 Å². The van der Waals surface area contributed by atoms with E-state index < -0.39 is 26.0 Å². The lowest BCUT2D eigenvalue weighted by molar-refractivity contribution is -0.128. The second-order valence-electron chi connectivity index (χ2n) is 8.48. The van der Waals surface area contributed by atoms with Crippen LogP contribution in [0.25, 0.3) is 11.3 Å². The highest BCUT2D eigenvalue weighted by atomic mass is 32.2. The van der Waals surface area contributed by atoms with Gasteiger partial charge >= 0.3 is 16.7 Å². The first-order chi connectivity index (χ1) is 18.1. The first-order valence-electron chi connectivity index (χ1n) is 11.5. The zero-order valence-electron chi connectivity index (χ0n) is 20.7. The predicted octanol–water partition coefficient (Wildman–Crippen LogP) is 2.11. The van der Waals surface area contributed by atoms with E-state index in [-0.39, 0.29) is 47.5 Å². The number of hydrogen-bond donors (Lipinski definition) is 1. The Morgan fingerprint density at radius 2 is 1.89 bits per heavy atom. The quantitative estimate of drug-likeness (QED) is 0.276. The van der Waals surface area contributed by atoms with Gasteiger partial charge in [-0.3, -0.25) is 4.79 Å². The number of anilines is 1. The summed E-state index contributed by atoms with van der Waals surface area (Å²) in [5.74, 6) is -0.608. The third kappa shape index (κ3) is 5.31. The first-order valence-corrected chi connectivity index (χ1v) is 14.4. The third-order valence-electron chi connectivity index (χ3n) is 6.07. The van der Waals surface area contributed by atoms with Gasteiger partial charge in [0.25, 0.3) is 10.0 Å². The maximum atomic E-state index is 14.7. The van der Waals surface area contributed by atoms with Gasteiger partial charge in [-0.1, -0.05) is 22.7 Å². The lowest BCUT2D eigenvalue weighted by Gasteiger charge is -2.26. The molecule has 2 aromatic carbocycles. The molecule has 204 valence electrons. The van der Waals surface area contributed by atoms with Gasteiger partial charge in [-0.05, 0) is 55.4 Å². The number of aromatic nitrogens is 1. The largest absolute Gasteiger partial charge is 0.380 e. The molecule has 0 unspecified atom stereocenters. The molecular formula is C24H27FN4O7S2. The average Bonchev–Trinajstić information content (AvgIpc) is 3.56. The topological polar surface area (TPSA) is 127 Å². The summed E-state index contributed by atoms with van der Waals surface area (Å²) >= 11 is 0. The summed E-state index contributed by atoms with van der Waals surface area (Å²) in [7, 11) is -5.57. The number of ether oxygens (including phenoxy) is 1. The highest BCUT2D eigenvalue weighted by molar-refractivity contribution is 7.90. The monoisotopic (exact) mass is 566 g/mol. The summed E-state index contributed by atoms with van der Waals surface area (Å²) in [5.41, 5.74) is 0.537. The molecule has 1 atom stereocenters. The van der Waals surface area contributed by atoms with Crippen molar-refractivity contribution >= 4 is 32.4 Å². The Morgan fingerprint density at radius 1 is 1.13 bits per heavy atom. The van der Waals surface area contributed by atoms with Gasteiger partial charge in [0.1, 0.15) is 5.82 Å². The fraction of sp³-hybridized carbons (Fsp3) is 0.292. The Bertz CT molecular complexity index is 1530. The summed E-state index contributed by atoms with van der Waals surface area (Å²) in [6.45, 7) is 0.427. The van der Waals surface area contributed by atoms with E-state index >= 15 is 0 Å². The smallest absolute Gasteiger partial charge is 0.335 e. The minimum atomic E-state index is -4.37. The zero-order valence-corrected chi connectivity index (χ0v) is 22.3. The van der Waals surface area contributed by atoms with E-state index in [9.17, 15) is 26.0 Å². The number of rotatable bonds is 11. The van der Waals surface area contributed by atoms with Crippen LogP contribution >= 0.6 is 0 Å². The summed E-state index contributed by atoms with van der Waals surface area (Å²) in [6.07, 6.45) is 1.48. The molecule has 0 bridgehead atoms. The van der Waals surface area contributed by atoms with Crippen LogP contribution in [0.2, 0.25) is 0 Å². The molecule has 1 N–H and O–H groups in total. The zero-order chi connectivity index (χ0) is 27.5. The number of carbonyl (C=O) groups excluding carboxylic acids is 1. The SMILES string of the molecule is CNCc1cc(-c2ccccc2F)n(S(=O)(=O)c2cccc(N(OC=O)S(=O)(=O)N3CC[C@@H](OC)C3)c2)c1. The van der Waals surface area contributed by atoms with E-state index in [0.29, 0.717) is 23.0 Å². The van der Waals surface area contributed by atoms with Crippen molar-refractivity contribution in [3.8, 4) is 11.3 Å². The van der Waals surface area contributed by atoms with Crippen LogP contribution < -0.4 is 9.79 Å². The Labute approximate surface area is 220 Å². The lowest BCUT2D eigenvalue weighted by atomic mass is 10.1. The van der Waals surface area contributed by atoms with Gasteiger partial charge in [0.2, 0.25) is 0 Å². The molecule has 0 amide bonds. The van der Waals surface area contributed by atoms with E-state index in [0.717, 1.165) is 14.3 Å². The molecule has 1 aliphatic heterocycles. The van der Waals surface area contributed by atoms with Crippen LogP contribution in [0.15, 0.2) is 65.7 Å². The number of carbonyl (C=O) groups is 1. The molecule has 1 saturated heterocycles. The van der Waals surface area contributed by atoms with Crippen LogP contribution in [0.3, 0.4) is 0 Å². The van der Waals surface area contributed by atoms with Crippen LogP contribution in [0, 0.1) is 5.82 Å². The van der Waals surface area contributed by atoms with E-state index in [1.54, 1.807) is 19.2 Å². The molecule has 0 radical (unpaired) electrons. The normalized spacial score (nSPS) is 16.4. The Hall–Kier alpha value is -3.30. The number of benzene rings is 2. The van der Waals surface area contributed by atoms with E-state index in [2.05, 4.69) is 5.32 Å². The molecule has 1 aromatic heterocycles. The molecule has 0 aliphatic carbocycles. The highest BCUT2D eigenvalue weighted by Crippen LogP contribution is 2.31. The van der Waals surface area contributed by atoms with Crippen molar-refractivity contribution in [2.24, 2.45) is 0 Å². The molecule has 1 aliphatic rings. The van der Waals surface area contributed by atoms with Crippen LogP contribution in [0.1, 0.15) is 12.0 Å². The summed E-state index contributed by atoms with van der Waals surface area (Å²) in [6, 6.07) is 12.3. The maximum absolute atomic E-state index is 14.7. The summed E-state index contributed by atoms with van der Waals surface area (Å²) in [4.78, 5) is 15.8. The summed E-state index contributed by atoms with van der Waals surface area (Å²) in [5, 5.41) is 2.93. The van der Waals surface area contributed by atoms with Crippen molar-refractivity contribution in [1.82, 2.24) is 13.6 Å². The van der Waals surface area contributed by atoms with E-state index in [4.69, 9.17) is 9.57 Å². The van der Waals surface area contributed by atoms with Crippen LogP contribution in [0.4, 0.5) is 10.1 Å². The fourth-order valence-corrected chi connectivity index (χ4v) is 7.08. The lowest BCUT2D eigenvalue weighted by Crippen LogP contribution is -2.43. The minimum absolute atomic E-state index is 0.0408. The van der Waals surface area contributed by atoms with Crippen molar-refractivity contribution in [3.63, 3.8) is 0 Å². The molecule has 0 spiro atoms. The van der Waals surface area contributed by atoms with Crippen LogP contribution in [-0.4, -0.2) is 64.9 Å². The molecule has 3 aromatic rings. The Kier molecular flexibility index (Phi) is 8.18. The van der Waals surface area contributed by atoms with Crippen molar-refractivity contribution < 1.29 is 35.6 Å². The van der Waals surface area contributed by atoms with E-state index in [1.807, 2.05) is 0 Å². The standard InChI is InChI=1S/C24H27FN4O7S2/c1-26-14-18-12-24(22-8-3-4-9-23(22)25)28(15-18)37(31,32)21-7-5-6-19(13-21)29(36-17-30)38(33,34)27-11-10-20(16-27)35-2/h3-9,12-13,15,17,20,26H,10-11,14,16H2,1-2H3/t20-/m1/s1. The summed E-state index contributed by atoms with van der Waals surface area (Å²) < 4.78 is 76.4. The van der Waals surface area contributed by atoms with Crippen molar-refractivity contribution in [3.05, 3.63) is 72.2 Å². The molecule has 2 heterocycles. The maximum Gasteiger partial charge on any atom is 0.335 e. The van der Waals surface area contributed by atoms with Gasteiger partial charge < -0.3 is 14.9 Å². The van der Waals surface area contributed by atoms with E-state index in [1.165, 1.54) is 49.7 Å². The van der Waals surface area contributed by atoms with Gasteiger partial charge in [-0.15, -0.1) is 0 Å².